The SMILES string of the molecule is CCOc1ccc(C(=O)N(C)CC(C)O)cc1N. The van der Waals surface area contributed by atoms with Crippen LogP contribution in [0, 0.1) is 0 Å². The first kappa shape index (κ1) is 14.3. The van der Waals surface area contributed by atoms with Crippen LogP contribution in [0.5, 0.6) is 5.75 Å². The van der Waals surface area contributed by atoms with Crippen LogP contribution in [-0.2, 0) is 0 Å². The van der Waals surface area contributed by atoms with Gasteiger partial charge in [-0.25, -0.2) is 0 Å². The molecule has 0 radical (unpaired) electrons. The molecule has 0 spiro atoms. The van der Waals surface area contributed by atoms with Crippen molar-refractivity contribution in [2.75, 3.05) is 25.9 Å². The summed E-state index contributed by atoms with van der Waals surface area (Å²) in [4.78, 5) is 13.5. The fourth-order valence-corrected chi connectivity index (χ4v) is 1.67. The van der Waals surface area contributed by atoms with Gasteiger partial charge in [-0.1, -0.05) is 0 Å². The van der Waals surface area contributed by atoms with E-state index >= 15 is 0 Å². The maximum absolute atomic E-state index is 12.0. The summed E-state index contributed by atoms with van der Waals surface area (Å²) in [6, 6.07) is 4.94. The molecular weight excluding hydrogens is 232 g/mol. The summed E-state index contributed by atoms with van der Waals surface area (Å²) < 4.78 is 5.31. The Kier molecular flexibility index (Phi) is 4.97. The second kappa shape index (κ2) is 6.26. The largest absolute Gasteiger partial charge is 0.492 e. The molecule has 0 bridgehead atoms. The number of nitrogen functional groups attached to an aromatic ring is 1. The Balaban J connectivity index is 2.84. The van der Waals surface area contributed by atoms with E-state index in [1.165, 1.54) is 4.90 Å². The Labute approximate surface area is 107 Å². The van der Waals surface area contributed by atoms with Crippen molar-refractivity contribution < 1.29 is 14.6 Å². The van der Waals surface area contributed by atoms with Crippen LogP contribution in [-0.4, -0.2) is 42.2 Å². The third-order valence-corrected chi connectivity index (χ3v) is 2.44. The summed E-state index contributed by atoms with van der Waals surface area (Å²) in [5, 5.41) is 9.25. The van der Waals surface area contributed by atoms with E-state index in [0.717, 1.165) is 0 Å². The van der Waals surface area contributed by atoms with Crippen molar-refractivity contribution in [3.05, 3.63) is 23.8 Å². The van der Waals surface area contributed by atoms with E-state index in [2.05, 4.69) is 0 Å². The standard InChI is InChI=1S/C13H20N2O3/c1-4-18-12-6-5-10(7-11(12)14)13(17)15(3)8-9(2)16/h5-7,9,16H,4,8,14H2,1-3H3. The van der Waals surface area contributed by atoms with E-state index in [1.54, 1.807) is 32.2 Å². The van der Waals surface area contributed by atoms with Crippen molar-refractivity contribution >= 4 is 11.6 Å². The summed E-state index contributed by atoms with van der Waals surface area (Å²) in [6.45, 7) is 4.32. The number of likely N-dealkylation sites (N-methyl/N-ethyl adjacent to an activating group) is 1. The number of carbonyl (C=O) groups excluding carboxylic acids is 1. The van der Waals surface area contributed by atoms with Gasteiger partial charge in [0.25, 0.3) is 5.91 Å². The zero-order valence-electron chi connectivity index (χ0n) is 11.0. The number of amides is 1. The van der Waals surface area contributed by atoms with Gasteiger partial charge in [-0.15, -0.1) is 0 Å². The van der Waals surface area contributed by atoms with E-state index < -0.39 is 6.10 Å². The lowest BCUT2D eigenvalue weighted by Crippen LogP contribution is -2.33. The number of hydrogen-bond donors (Lipinski definition) is 2. The van der Waals surface area contributed by atoms with Crippen LogP contribution in [0.1, 0.15) is 24.2 Å². The number of anilines is 1. The van der Waals surface area contributed by atoms with Crippen molar-refractivity contribution in [2.45, 2.75) is 20.0 Å². The van der Waals surface area contributed by atoms with Crippen molar-refractivity contribution in [3.63, 3.8) is 0 Å². The number of aliphatic hydroxyl groups excluding tert-OH is 1. The van der Waals surface area contributed by atoms with Gasteiger partial charge in [-0.05, 0) is 32.0 Å². The van der Waals surface area contributed by atoms with Crippen LogP contribution in [0.4, 0.5) is 5.69 Å². The number of ether oxygens (including phenoxy) is 1. The van der Waals surface area contributed by atoms with Gasteiger partial charge < -0.3 is 20.5 Å². The van der Waals surface area contributed by atoms with E-state index in [9.17, 15) is 9.90 Å². The van der Waals surface area contributed by atoms with Gasteiger partial charge in [-0.2, -0.15) is 0 Å². The zero-order valence-corrected chi connectivity index (χ0v) is 11.0. The molecule has 3 N–H and O–H groups in total. The van der Waals surface area contributed by atoms with Crippen molar-refractivity contribution in [1.29, 1.82) is 0 Å². The molecule has 1 atom stereocenters. The summed E-state index contributed by atoms with van der Waals surface area (Å²) in [7, 11) is 1.64. The van der Waals surface area contributed by atoms with Crippen LogP contribution >= 0.6 is 0 Å². The van der Waals surface area contributed by atoms with Crippen LogP contribution in [0.15, 0.2) is 18.2 Å². The fourth-order valence-electron chi connectivity index (χ4n) is 1.67. The first-order valence-electron chi connectivity index (χ1n) is 5.91. The van der Waals surface area contributed by atoms with Gasteiger partial charge in [0.2, 0.25) is 0 Å². The molecule has 1 unspecified atom stereocenters. The van der Waals surface area contributed by atoms with Gasteiger partial charge in [0.15, 0.2) is 0 Å². The average Bonchev–Trinajstić information content (AvgIpc) is 2.30. The normalized spacial score (nSPS) is 12.0. The third kappa shape index (κ3) is 3.63. The molecular formula is C13H20N2O3. The molecule has 18 heavy (non-hydrogen) atoms. The molecule has 1 amide bonds. The lowest BCUT2D eigenvalue weighted by molar-refractivity contribution is 0.0703. The van der Waals surface area contributed by atoms with Gasteiger partial charge in [0.1, 0.15) is 5.75 Å². The van der Waals surface area contributed by atoms with Crippen LogP contribution in [0.25, 0.3) is 0 Å². The molecule has 0 aliphatic carbocycles. The Hall–Kier alpha value is -1.75. The summed E-state index contributed by atoms with van der Waals surface area (Å²) in [6.07, 6.45) is -0.556. The molecule has 1 aromatic carbocycles. The van der Waals surface area contributed by atoms with Gasteiger partial charge in [0, 0.05) is 19.2 Å². The summed E-state index contributed by atoms with van der Waals surface area (Å²) in [5.74, 6) is 0.401. The highest BCUT2D eigenvalue weighted by molar-refractivity contribution is 5.95. The number of nitrogens with zero attached hydrogens (tertiary/aromatic N) is 1. The van der Waals surface area contributed by atoms with Crippen molar-refractivity contribution in [1.82, 2.24) is 4.90 Å². The number of nitrogens with two attached hydrogens (primary N) is 1. The zero-order chi connectivity index (χ0) is 13.7. The predicted molar refractivity (Wildman–Crippen MR) is 70.7 cm³/mol. The molecule has 0 aliphatic heterocycles. The minimum atomic E-state index is -0.556. The van der Waals surface area contributed by atoms with Crippen LogP contribution in [0.2, 0.25) is 0 Å². The van der Waals surface area contributed by atoms with E-state index in [-0.39, 0.29) is 12.5 Å². The van der Waals surface area contributed by atoms with Gasteiger partial charge in [0.05, 0.1) is 18.4 Å². The highest BCUT2D eigenvalue weighted by Crippen LogP contribution is 2.23. The van der Waals surface area contributed by atoms with Crippen LogP contribution < -0.4 is 10.5 Å². The number of carbonyl (C=O) groups is 1. The lowest BCUT2D eigenvalue weighted by Gasteiger charge is -2.19. The van der Waals surface area contributed by atoms with E-state index in [4.69, 9.17) is 10.5 Å². The quantitative estimate of drug-likeness (QED) is 0.770. The first-order chi connectivity index (χ1) is 8.45. The van der Waals surface area contributed by atoms with Crippen LogP contribution in [0.3, 0.4) is 0 Å². The highest BCUT2D eigenvalue weighted by Gasteiger charge is 2.14. The molecule has 0 saturated carbocycles. The molecule has 5 heteroatoms. The maximum atomic E-state index is 12.0. The molecule has 1 aromatic rings. The summed E-state index contributed by atoms with van der Waals surface area (Å²) in [5.41, 5.74) is 6.72. The molecule has 0 saturated heterocycles. The Morgan fingerprint density at radius 1 is 1.56 bits per heavy atom. The Morgan fingerprint density at radius 2 is 2.22 bits per heavy atom. The topological polar surface area (TPSA) is 75.8 Å². The number of hydrogen-bond acceptors (Lipinski definition) is 4. The monoisotopic (exact) mass is 252 g/mol. The van der Waals surface area contributed by atoms with Crippen molar-refractivity contribution in [3.8, 4) is 5.75 Å². The van der Waals surface area contributed by atoms with Crippen molar-refractivity contribution in [2.24, 2.45) is 0 Å². The van der Waals surface area contributed by atoms with Gasteiger partial charge >= 0.3 is 0 Å². The second-order valence-corrected chi connectivity index (χ2v) is 4.22. The average molecular weight is 252 g/mol. The van der Waals surface area contributed by atoms with E-state index in [1.807, 2.05) is 6.92 Å². The first-order valence-corrected chi connectivity index (χ1v) is 5.91. The second-order valence-electron chi connectivity index (χ2n) is 4.22. The molecule has 0 aromatic heterocycles. The molecule has 1 rings (SSSR count). The molecule has 5 nitrogen and oxygen atoms in total. The minimum absolute atomic E-state index is 0.175. The van der Waals surface area contributed by atoms with E-state index in [0.29, 0.717) is 23.6 Å². The maximum Gasteiger partial charge on any atom is 0.253 e. The number of benzene rings is 1. The molecule has 0 heterocycles. The Bertz CT molecular complexity index is 419. The van der Waals surface area contributed by atoms with Gasteiger partial charge in [-0.3, -0.25) is 4.79 Å². The third-order valence-electron chi connectivity index (χ3n) is 2.44. The fraction of sp³-hybridized carbons (Fsp3) is 0.462. The number of rotatable bonds is 5. The lowest BCUT2D eigenvalue weighted by atomic mass is 10.1. The number of aliphatic hydroxyl groups is 1. The molecule has 0 fully saturated rings. The smallest absolute Gasteiger partial charge is 0.253 e. The summed E-state index contributed by atoms with van der Waals surface area (Å²) >= 11 is 0. The Morgan fingerprint density at radius 3 is 2.72 bits per heavy atom. The molecule has 0 aliphatic rings. The highest BCUT2D eigenvalue weighted by atomic mass is 16.5. The molecule has 100 valence electrons. The minimum Gasteiger partial charge on any atom is -0.492 e. The predicted octanol–water partition coefficient (Wildman–Crippen LogP) is 1.12.